The molecule has 2 atom stereocenters. The molecule has 0 bridgehead atoms. The van der Waals surface area contributed by atoms with Crippen molar-refractivity contribution in [1.29, 1.82) is 0 Å². The van der Waals surface area contributed by atoms with Gasteiger partial charge in [0, 0.05) is 38.8 Å². The van der Waals surface area contributed by atoms with Crippen LogP contribution < -0.4 is 9.47 Å². The molecule has 1 aromatic rings. The fraction of sp³-hybridized carbons (Fsp3) is 0.714. The Balaban J connectivity index is 1.52. The van der Waals surface area contributed by atoms with E-state index in [1.807, 2.05) is 13.0 Å². The largest absolute Gasteiger partial charge is 0.493 e. The summed E-state index contributed by atoms with van der Waals surface area (Å²) < 4.78 is 11.1. The van der Waals surface area contributed by atoms with Crippen LogP contribution in [-0.4, -0.2) is 55.7 Å². The Hall–Kier alpha value is -1.26. The quantitative estimate of drug-likeness (QED) is 0.782. The van der Waals surface area contributed by atoms with Crippen molar-refractivity contribution in [2.45, 2.75) is 52.1 Å². The summed E-state index contributed by atoms with van der Waals surface area (Å²) >= 11 is 0. The third kappa shape index (κ3) is 4.89. The summed E-state index contributed by atoms with van der Waals surface area (Å²) in [5.41, 5.74) is 1.31. The molecule has 2 fully saturated rings. The van der Waals surface area contributed by atoms with Crippen molar-refractivity contribution in [2.24, 2.45) is 5.92 Å². The summed E-state index contributed by atoms with van der Waals surface area (Å²) in [6.45, 7) is 10.9. The number of benzene rings is 1. The predicted octanol–water partition coefficient (Wildman–Crippen LogP) is 3.79. The highest BCUT2D eigenvalue weighted by Crippen LogP contribution is 2.30. The first-order valence-corrected chi connectivity index (χ1v) is 9.95. The standard InChI is InChI=1S/C21H34N2O2/c1-4-25-21-15-18(8-9-20(21)24-3)16-22-10-12-23(13-11-22)19-7-5-6-17(2)14-19/h8-9,15,17,19H,4-7,10-14,16H2,1-3H3. The van der Waals surface area contributed by atoms with Crippen LogP contribution in [0.15, 0.2) is 18.2 Å². The molecule has 0 aromatic heterocycles. The van der Waals surface area contributed by atoms with Gasteiger partial charge >= 0.3 is 0 Å². The Morgan fingerprint density at radius 1 is 1.08 bits per heavy atom. The van der Waals surface area contributed by atoms with Gasteiger partial charge in [-0.2, -0.15) is 0 Å². The Bertz CT molecular complexity index is 541. The molecule has 0 radical (unpaired) electrons. The highest BCUT2D eigenvalue weighted by molar-refractivity contribution is 5.42. The summed E-state index contributed by atoms with van der Waals surface area (Å²) in [5.74, 6) is 2.59. The van der Waals surface area contributed by atoms with Crippen LogP contribution in [0.25, 0.3) is 0 Å². The lowest BCUT2D eigenvalue weighted by Gasteiger charge is -2.42. The van der Waals surface area contributed by atoms with Gasteiger partial charge in [-0.1, -0.05) is 25.8 Å². The van der Waals surface area contributed by atoms with Crippen molar-refractivity contribution in [3.05, 3.63) is 23.8 Å². The maximum Gasteiger partial charge on any atom is 0.161 e. The van der Waals surface area contributed by atoms with Gasteiger partial charge in [0.1, 0.15) is 0 Å². The van der Waals surface area contributed by atoms with E-state index in [0.717, 1.165) is 30.0 Å². The van der Waals surface area contributed by atoms with Crippen LogP contribution in [0.5, 0.6) is 11.5 Å². The SMILES string of the molecule is CCOc1cc(CN2CCN(C3CCCC(C)C3)CC2)ccc1OC. The molecular weight excluding hydrogens is 312 g/mol. The Morgan fingerprint density at radius 3 is 2.56 bits per heavy atom. The van der Waals surface area contributed by atoms with Crippen LogP contribution in [0, 0.1) is 5.92 Å². The second-order valence-corrected chi connectivity index (χ2v) is 7.66. The average molecular weight is 347 g/mol. The van der Waals surface area contributed by atoms with E-state index in [1.165, 1.54) is 57.4 Å². The lowest BCUT2D eigenvalue weighted by molar-refractivity contribution is 0.0659. The molecule has 1 heterocycles. The molecule has 2 aliphatic rings. The molecule has 4 nitrogen and oxygen atoms in total. The van der Waals surface area contributed by atoms with Crippen LogP contribution in [-0.2, 0) is 6.54 Å². The minimum Gasteiger partial charge on any atom is -0.493 e. The second kappa shape index (κ2) is 8.91. The first-order chi connectivity index (χ1) is 12.2. The Morgan fingerprint density at radius 2 is 1.88 bits per heavy atom. The Kier molecular flexibility index (Phi) is 6.60. The fourth-order valence-electron chi connectivity index (χ4n) is 4.37. The smallest absolute Gasteiger partial charge is 0.161 e. The molecule has 3 rings (SSSR count). The van der Waals surface area contributed by atoms with Gasteiger partial charge in [-0.15, -0.1) is 0 Å². The minimum atomic E-state index is 0.665. The molecule has 140 valence electrons. The van der Waals surface area contributed by atoms with Gasteiger partial charge in [0.15, 0.2) is 11.5 Å². The van der Waals surface area contributed by atoms with Gasteiger partial charge in [0.25, 0.3) is 0 Å². The molecule has 0 N–H and O–H groups in total. The summed E-state index contributed by atoms with van der Waals surface area (Å²) in [4.78, 5) is 5.31. The third-order valence-electron chi connectivity index (χ3n) is 5.77. The molecule has 0 amide bonds. The number of ether oxygens (including phenoxy) is 2. The lowest BCUT2D eigenvalue weighted by Crippen LogP contribution is -2.50. The van der Waals surface area contributed by atoms with Gasteiger partial charge in [0.05, 0.1) is 13.7 Å². The first kappa shape index (κ1) is 18.5. The van der Waals surface area contributed by atoms with Crippen LogP contribution in [0.2, 0.25) is 0 Å². The number of methoxy groups -OCH3 is 1. The zero-order valence-corrected chi connectivity index (χ0v) is 16.2. The molecule has 0 spiro atoms. The minimum absolute atomic E-state index is 0.665. The van der Waals surface area contributed by atoms with Crippen molar-refractivity contribution < 1.29 is 9.47 Å². The summed E-state index contributed by atoms with van der Waals surface area (Å²) in [6.07, 6.45) is 5.64. The van der Waals surface area contributed by atoms with Crippen molar-refractivity contribution in [3.8, 4) is 11.5 Å². The van der Waals surface area contributed by atoms with Crippen molar-refractivity contribution >= 4 is 0 Å². The van der Waals surface area contributed by atoms with Gasteiger partial charge in [-0.3, -0.25) is 9.80 Å². The van der Waals surface area contributed by atoms with E-state index in [1.54, 1.807) is 7.11 Å². The van der Waals surface area contributed by atoms with Crippen LogP contribution in [0.3, 0.4) is 0 Å². The molecule has 1 saturated carbocycles. The van der Waals surface area contributed by atoms with Crippen LogP contribution in [0.1, 0.15) is 45.1 Å². The summed E-state index contributed by atoms with van der Waals surface area (Å²) in [6, 6.07) is 7.16. The van der Waals surface area contributed by atoms with E-state index < -0.39 is 0 Å². The highest BCUT2D eigenvalue weighted by Gasteiger charge is 2.27. The normalized spacial score (nSPS) is 25.7. The summed E-state index contributed by atoms with van der Waals surface area (Å²) in [5, 5.41) is 0. The maximum atomic E-state index is 5.71. The molecule has 4 heteroatoms. The zero-order chi connectivity index (χ0) is 17.6. The molecule has 1 aliphatic carbocycles. The van der Waals surface area contributed by atoms with Gasteiger partial charge < -0.3 is 9.47 Å². The highest BCUT2D eigenvalue weighted by atomic mass is 16.5. The van der Waals surface area contributed by atoms with E-state index in [-0.39, 0.29) is 0 Å². The number of hydrogen-bond acceptors (Lipinski definition) is 4. The molecule has 1 aromatic carbocycles. The average Bonchev–Trinajstić information content (AvgIpc) is 2.63. The third-order valence-corrected chi connectivity index (χ3v) is 5.77. The Labute approximate surface area is 153 Å². The zero-order valence-electron chi connectivity index (χ0n) is 16.2. The van der Waals surface area contributed by atoms with Crippen molar-refractivity contribution in [1.82, 2.24) is 9.80 Å². The van der Waals surface area contributed by atoms with E-state index >= 15 is 0 Å². The lowest BCUT2D eigenvalue weighted by atomic mass is 9.86. The van der Waals surface area contributed by atoms with Crippen LogP contribution in [0.4, 0.5) is 0 Å². The number of hydrogen-bond donors (Lipinski definition) is 0. The maximum absolute atomic E-state index is 5.71. The molecular formula is C21H34N2O2. The van der Waals surface area contributed by atoms with Crippen molar-refractivity contribution in [2.75, 3.05) is 39.9 Å². The monoisotopic (exact) mass is 346 g/mol. The fourth-order valence-corrected chi connectivity index (χ4v) is 4.37. The van der Waals surface area contributed by atoms with Gasteiger partial charge in [0.2, 0.25) is 0 Å². The van der Waals surface area contributed by atoms with Crippen molar-refractivity contribution in [3.63, 3.8) is 0 Å². The van der Waals surface area contributed by atoms with E-state index in [4.69, 9.17) is 9.47 Å². The van der Waals surface area contributed by atoms with E-state index in [2.05, 4.69) is 28.9 Å². The second-order valence-electron chi connectivity index (χ2n) is 7.66. The van der Waals surface area contributed by atoms with E-state index in [9.17, 15) is 0 Å². The van der Waals surface area contributed by atoms with Gasteiger partial charge in [-0.25, -0.2) is 0 Å². The topological polar surface area (TPSA) is 24.9 Å². The van der Waals surface area contributed by atoms with E-state index in [0.29, 0.717) is 6.61 Å². The number of rotatable bonds is 6. The van der Waals surface area contributed by atoms with Gasteiger partial charge in [-0.05, 0) is 43.4 Å². The predicted molar refractivity (Wildman–Crippen MR) is 102 cm³/mol. The summed E-state index contributed by atoms with van der Waals surface area (Å²) in [7, 11) is 1.70. The van der Waals surface area contributed by atoms with Crippen LogP contribution >= 0.6 is 0 Å². The first-order valence-electron chi connectivity index (χ1n) is 9.95. The number of piperazine rings is 1. The number of nitrogens with zero attached hydrogens (tertiary/aromatic N) is 2. The molecule has 1 aliphatic heterocycles. The molecule has 1 saturated heterocycles. The molecule has 25 heavy (non-hydrogen) atoms. The molecule has 2 unspecified atom stereocenters.